The van der Waals surface area contributed by atoms with Crippen LogP contribution >= 0.6 is 0 Å². The van der Waals surface area contributed by atoms with Gasteiger partial charge in [0.25, 0.3) is 5.91 Å². The van der Waals surface area contributed by atoms with E-state index in [1.54, 1.807) is 7.11 Å². The van der Waals surface area contributed by atoms with E-state index in [1.165, 1.54) is 11.1 Å². The monoisotopic (exact) mass is 483 g/mol. The number of ether oxygens (including phenoxy) is 1. The molecule has 0 atom stereocenters. The van der Waals surface area contributed by atoms with Crippen LogP contribution in [-0.4, -0.2) is 52.8 Å². The Morgan fingerprint density at radius 2 is 1.86 bits per heavy atom. The van der Waals surface area contributed by atoms with Crippen LogP contribution < -0.4 is 0 Å². The average molecular weight is 484 g/mol. The van der Waals surface area contributed by atoms with Gasteiger partial charge in [0.1, 0.15) is 5.82 Å². The van der Waals surface area contributed by atoms with Crippen molar-refractivity contribution in [2.75, 3.05) is 26.8 Å². The molecule has 2 fully saturated rings. The molecule has 2 aliphatic rings. The van der Waals surface area contributed by atoms with Crippen molar-refractivity contribution in [3.63, 3.8) is 0 Å². The Kier molecular flexibility index (Phi) is 6.88. The van der Waals surface area contributed by atoms with Gasteiger partial charge in [-0.3, -0.25) is 9.89 Å². The number of amides is 1. The second-order valence-corrected chi connectivity index (χ2v) is 10.3. The minimum Gasteiger partial charge on any atom is -0.384 e. The normalized spacial score (nSPS) is 20.1. The van der Waals surface area contributed by atoms with E-state index in [0.29, 0.717) is 29.1 Å². The standard InChI is InChI=1S/C29H33N5O2/c1-18-12-26(24-13-21(14-24)17-36-3)27(28-31-19(2)32-33-28)15-25(18)29(35)34-10-8-23(9-11-34)22-6-4-20(16-30)5-7-22/h4-7,12,15,21,23-24H,8-11,13-14,17H2,1-3H3,(H,31,32,33). The summed E-state index contributed by atoms with van der Waals surface area (Å²) in [4.78, 5) is 20.2. The molecule has 186 valence electrons. The molecule has 1 aromatic heterocycles. The first-order valence-electron chi connectivity index (χ1n) is 12.8. The van der Waals surface area contributed by atoms with Gasteiger partial charge in [0.05, 0.1) is 11.6 Å². The minimum atomic E-state index is 0.0803. The lowest BCUT2D eigenvalue weighted by molar-refractivity contribution is 0.0712. The maximum absolute atomic E-state index is 13.7. The van der Waals surface area contributed by atoms with Crippen LogP contribution in [0.5, 0.6) is 0 Å². The molecule has 0 bridgehead atoms. The molecule has 0 unspecified atom stereocenters. The van der Waals surface area contributed by atoms with E-state index < -0.39 is 0 Å². The van der Waals surface area contributed by atoms with E-state index in [2.05, 4.69) is 27.3 Å². The van der Waals surface area contributed by atoms with Crippen molar-refractivity contribution in [3.8, 4) is 17.5 Å². The maximum Gasteiger partial charge on any atom is 0.254 e. The number of benzene rings is 2. The number of aromatic amines is 1. The molecule has 7 nitrogen and oxygen atoms in total. The van der Waals surface area contributed by atoms with Crippen LogP contribution in [0, 0.1) is 31.1 Å². The smallest absolute Gasteiger partial charge is 0.254 e. The molecule has 5 rings (SSSR count). The number of hydrogen-bond acceptors (Lipinski definition) is 5. The van der Waals surface area contributed by atoms with Gasteiger partial charge in [0.15, 0.2) is 5.82 Å². The quantitative estimate of drug-likeness (QED) is 0.525. The number of methoxy groups -OCH3 is 1. The number of nitrogens with zero attached hydrogens (tertiary/aromatic N) is 4. The zero-order valence-corrected chi connectivity index (χ0v) is 21.3. The third-order valence-electron chi connectivity index (χ3n) is 7.84. The number of likely N-dealkylation sites (tertiary alicyclic amines) is 1. The number of nitrogens with one attached hydrogen (secondary N) is 1. The Morgan fingerprint density at radius 3 is 2.47 bits per heavy atom. The summed E-state index contributed by atoms with van der Waals surface area (Å²) in [5, 5.41) is 16.4. The summed E-state index contributed by atoms with van der Waals surface area (Å²) in [6.07, 6.45) is 4.01. The fraction of sp³-hybridized carbons (Fsp3) is 0.448. The van der Waals surface area contributed by atoms with Crippen molar-refractivity contribution in [2.24, 2.45) is 5.92 Å². The second-order valence-electron chi connectivity index (χ2n) is 10.3. The number of aromatic nitrogens is 3. The third-order valence-corrected chi connectivity index (χ3v) is 7.84. The second kappa shape index (κ2) is 10.2. The molecule has 1 saturated heterocycles. The fourth-order valence-corrected chi connectivity index (χ4v) is 5.73. The SMILES string of the molecule is COCC1CC(c2cc(C)c(C(=O)N3CCC(c4ccc(C#N)cc4)CC3)cc2-c2n[nH]c(C)n2)C1. The van der Waals surface area contributed by atoms with Gasteiger partial charge in [0, 0.05) is 37.9 Å². The maximum atomic E-state index is 13.7. The molecular formula is C29H33N5O2. The lowest BCUT2D eigenvalue weighted by Crippen LogP contribution is -2.38. The highest BCUT2D eigenvalue weighted by molar-refractivity contribution is 5.97. The highest BCUT2D eigenvalue weighted by Gasteiger charge is 2.34. The first-order chi connectivity index (χ1) is 17.5. The molecule has 36 heavy (non-hydrogen) atoms. The van der Waals surface area contributed by atoms with Crippen molar-refractivity contribution < 1.29 is 9.53 Å². The molecule has 1 N–H and O–H groups in total. The average Bonchev–Trinajstić information content (AvgIpc) is 3.31. The molecule has 1 amide bonds. The lowest BCUT2D eigenvalue weighted by atomic mass is 9.70. The molecule has 7 heteroatoms. The first kappa shape index (κ1) is 24.2. The van der Waals surface area contributed by atoms with Crippen LogP contribution in [0.1, 0.15) is 76.0 Å². The highest BCUT2D eigenvalue weighted by Crippen LogP contribution is 2.45. The Balaban J connectivity index is 1.35. The van der Waals surface area contributed by atoms with Gasteiger partial charge in [-0.1, -0.05) is 18.2 Å². The van der Waals surface area contributed by atoms with Crippen LogP contribution in [0.3, 0.4) is 0 Å². The summed E-state index contributed by atoms with van der Waals surface area (Å²) in [6, 6.07) is 14.2. The zero-order valence-electron chi connectivity index (χ0n) is 21.3. The fourth-order valence-electron chi connectivity index (χ4n) is 5.73. The Labute approximate surface area is 212 Å². The zero-order chi connectivity index (χ0) is 25.2. The summed E-state index contributed by atoms with van der Waals surface area (Å²) in [7, 11) is 1.76. The van der Waals surface area contributed by atoms with E-state index in [4.69, 9.17) is 10.00 Å². The van der Waals surface area contributed by atoms with Gasteiger partial charge in [-0.05, 0) is 92.2 Å². The molecule has 1 saturated carbocycles. The topological polar surface area (TPSA) is 94.9 Å². The largest absolute Gasteiger partial charge is 0.384 e. The number of nitriles is 1. The van der Waals surface area contributed by atoms with Crippen LogP contribution in [0.15, 0.2) is 36.4 Å². The summed E-state index contributed by atoms with van der Waals surface area (Å²) in [5.74, 6) is 2.93. The molecule has 1 aliphatic carbocycles. The van der Waals surface area contributed by atoms with Crippen LogP contribution in [0.4, 0.5) is 0 Å². The van der Waals surface area contributed by atoms with Gasteiger partial charge in [-0.25, -0.2) is 4.98 Å². The highest BCUT2D eigenvalue weighted by atomic mass is 16.5. The van der Waals surface area contributed by atoms with Crippen molar-refractivity contribution >= 4 is 5.91 Å². The molecular weight excluding hydrogens is 450 g/mol. The van der Waals surface area contributed by atoms with E-state index in [9.17, 15) is 4.79 Å². The number of carbonyl (C=O) groups excluding carboxylic acids is 1. The Hall–Kier alpha value is -3.50. The summed E-state index contributed by atoms with van der Waals surface area (Å²) >= 11 is 0. The predicted octanol–water partition coefficient (Wildman–Crippen LogP) is 5.12. The Morgan fingerprint density at radius 1 is 1.14 bits per heavy atom. The number of piperidine rings is 1. The molecule has 3 aromatic rings. The Bertz CT molecular complexity index is 1280. The van der Waals surface area contributed by atoms with E-state index in [-0.39, 0.29) is 5.91 Å². The van der Waals surface area contributed by atoms with Crippen molar-refractivity contribution in [2.45, 2.75) is 51.4 Å². The summed E-state index contributed by atoms with van der Waals surface area (Å²) in [6.45, 7) is 6.17. The van der Waals surface area contributed by atoms with Crippen LogP contribution in [0.2, 0.25) is 0 Å². The van der Waals surface area contributed by atoms with Crippen molar-refractivity contribution in [3.05, 3.63) is 70.0 Å². The molecule has 2 aromatic carbocycles. The first-order valence-corrected chi connectivity index (χ1v) is 12.8. The van der Waals surface area contributed by atoms with E-state index >= 15 is 0 Å². The third kappa shape index (κ3) is 4.78. The van der Waals surface area contributed by atoms with Crippen LogP contribution in [-0.2, 0) is 4.74 Å². The van der Waals surface area contributed by atoms with E-state index in [0.717, 1.165) is 67.9 Å². The molecule has 1 aliphatic heterocycles. The molecule has 0 spiro atoms. The lowest BCUT2D eigenvalue weighted by Gasteiger charge is -2.37. The number of aryl methyl sites for hydroxylation is 2. The van der Waals surface area contributed by atoms with Crippen LogP contribution in [0.25, 0.3) is 11.4 Å². The number of hydrogen-bond donors (Lipinski definition) is 1. The summed E-state index contributed by atoms with van der Waals surface area (Å²) < 4.78 is 5.34. The predicted molar refractivity (Wildman–Crippen MR) is 138 cm³/mol. The van der Waals surface area contributed by atoms with Crippen molar-refractivity contribution in [1.82, 2.24) is 20.1 Å². The minimum absolute atomic E-state index is 0.0803. The van der Waals surface area contributed by atoms with Crippen molar-refractivity contribution in [1.29, 1.82) is 5.26 Å². The van der Waals surface area contributed by atoms with Gasteiger partial charge in [-0.2, -0.15) is 10.4 Å². The van der Waals surface area contributed by atoms with Gasteiger partial charge < -0.3 is 9.64 Å². The van der Waals surface area contributed by atoms with Gasteiger partial charge in [0.2, 0.25) is 0 Å². The molecule has 2 heterocycles. The number of rotatable bonds is 6. The summed E-state index contributed by atoms with van der Waals surface area (Å²) in [5.41, 5.74) is 5.86. The van der Waals surface area contributed by atoms with Gasteiger partial charge >= 0.3 is 0 Å². The molecule has 0 radical (unpaired) electrons. The van der Waals surface area contributed by atoms with Gasteiger partial charge in [-0.15, -0.1) is 0 Å². The van der Waals surface area contributed by atoms with E-state index in [1.807, 2.05) is 49.1 Å². The number of H-pyrrole nitrogens is 1. The number of carbonyl (C=O) groups is 1.